The van der Waals surface area contributed by atoms with E-state index in [2.05, 4.69) is 5.92 Å². The van der Waals surface area contributed by atoms with Gasteiger partial charge in [-0.05, 0) is 25.7 Å². The molecule has 1 atom stereocenters. The minimum Gasteiger partial charge on any atom is -0.330 e. The van der Waals surface area contributed by atoms with Crippen molar-refractivity contribution < 1.29 is 4.79 Å². The highest BCUT2D eigenvalue weighted by atomic mass is 16.2. The molecule has 3 nitrogen and oxygen atoms in total. The van der Waals surface area contributed by atoms with E-state index < -0.39 is 6.04 Å². The van der Waals surface area contributed by atoms with Crippen LogP contribution in [0.4, 0.5) is 0 Å². The van der Waals surface area contributed by atoms with Gasteiger partial charge in [0.2, 0.25) is 5.91 Å². The van der Waals surface area contributed by atoms with Crippen LogP contribution in [0.25, 0.3) is 0 Å². The Morgan fingerprint density at radius 3 is 2.77 bits per heavy atom. The van der Waals surface area contributed by atoms with Crippen LogP contribution >= 0.6 is 0 Å². The molecule has 0 spiro atoms. The fraction of sp³-hybridized carbons (Fsp3) is 0.700. The highest BCUT2D eigenvalue weighted by molar-refractivity contribution is 5.81. The summed E-state index contributed by atoms with van der Waals surface area (Å²) in [4.78, 5) is 13.2. The van der Waals surface area contributed by atoms with Crippen LogP contribution in [-0.4, -0.2) is 29.9 Å². The van der Waals surface area contributed by atoms with Crippen LogP contribution in [0.5, 0.6) is 0 Å². The minimum absolute atomic E-state index is 0.0372. The molecule has 0 aliphatic heterocycles. The Morgan fingerprint density at radius 2 is 2.38 bits per heavy atom. The molecule has 0 aromatic carbocycles. The van der Waals surface area contributed by atoms with Gasteiger partial charge in [0, 0.05) is 6.54 Å². The fourth-order valence-electron chi connectivity index (χ4n) is 1.24. The number of carbonyl (C=O) groups excluding carboxylic acids is 1. The molecule has 13 heavy (non-hydrogen) atoms. The summed E-state index contributed by atoms with van der Waals surface area (Å²) in [7, 11) is 0. The molecular formula is C10H16N2O. The van der Waals surface area contributed by atoms with Crippen LogP contribution in [0.15, 0.2) is 0 Å². The largest absolute Gasteiger partial charge is 0.330 e. The number of carbonyl (C=O) groups is 1. The molecule has 1 fully saturated rings. The molecule has 3 heteroatoms. The molecular weight excluding hydrogens is 164 g/mol. The van der Waals surface area contributed by atoms with Gasteiger partial charge in [0.1, 0.15) is 0 Å². The van der Waals surface area contributed by atoms with Gasteiger partial charge in [-0.3, -0.25) is 4.79 Å². The Labute approximate surface area is 79.3 Å². The maximum atomic E-state index is 11.5. The quantitative estimate of drug-likeness (QED) is 0.628. The van der Waals surface area contributed by atoms with Crippen molar-refractivity contribution in [1.82, 2.24) is 4.90 Å². The minimum atomic E-state index is -0.438. The van der Waals surface area contributed by atoms with E-state index >= 15 is 0 Å². The first-order valence-electron chi connectivity index (χ1n) is 4.63. The van der Waals surface area contributed by atoms with E-state index in [1.807, 2.05) is 0 Å². The first kappa shape index (κ1) is 10.1. The van der Waals surface area contributed by atoms with Gasteiger partial charge in [0.25, 0.3) is 0 Å². The molecule has 1 saturated carbocycles. The first-order valence-corrected chi connectivity index (χ1v) is 4.63. The lowest BCUT2D eigenvalue weighted by Crippen LogP contribution is -2.43. The second-order valence-electron chi connectivity index (χ2n) is 3.65. The van der Waals surface area contributed by atoms with Crippen molar-refractivity contribution >= 4 is 5.91 Å². The number of terminal acetylenes is 1. The molecule has 0 aromatic rings. The third kappa shape index (κ3) is 3.08. The van der Waals surface area contributed by atoms with Crippen LogP contribution in [0, 0.1) is 18.3 Å². The number of hydrogen-bond acceptors (Lipinski definition) is 2. The van der Waals surface area contributed by atoms with Gasteiger partial charge in [-0.25, -0.2) is 0 Å². The van der Waals surface area contributed by atoms with Crippen LogP contribution < -0.4 is 5.73 Å². The van der Waals surface area contributed by atoms with E-state index in [1.54, 1.807) is 11.8 Å². The lowest BCUT2D eigenvalue weighted by atomic mass is 10.2. The van der Waals surface area contributed by atoms with E-state index in [4.69, 9.17) is 12.2 Å². The SMILES string of the molecule is C#CCN(CC1CC1)C(=O)[C@@H](C)N. The number of rotatable bonds is 4. The predicted molar refractivity (Wildman–Crippen MR) is 51.8 cm³/mol. The summed E-state index contributed by atoms with van der Waals surface area (Å²) in [6.07, 6.45) is 7.61. The van der Waals surface area contributed by atoms with Gasteiger partial charge in [-0.15, -0.1) is 6.42 Å². The van der Waals surface area contributed by atoms with Crippen molar-refractivity contribution in [2.75, 3.05) is 13.1 Å². The van der Waals surface area contributed by atoms with Crippen LogP contribution in [0.1, 0.15) is 19.8 Å². The predicted octanol–water partition coefficient (Wildman–Crippen LogP) is 0.205. The van der Waals surface area contributed by atoms with Gasteiger partial charge < -0.3 is 10.6 Å². The van der Waals surface area contributed by atoms with E-state index in [0.717, 1.165) is 6.54 Å². The number of nitrogens with zero attached hydrogens (tertiary/aromatic N) is 1. The molecule has 72 valence electrons. The average molecular weight is 180 g/mol. The molecule has 1 rings (SSSR count). The summed E-state index contributed by atoms with van der Waals surface area (Å²) < 4.78 is 0. The summed E-state index contributed by atoms with van der Waals surface area (Å²) in [5.74, 6) is 3.11. The van der Waals surface area contributed by atoms with Crippen LogP contribution in [-0.2, 0) is 4.79 Å². The molecule has 1 aliphatic carbocycles. The normalized spacial score (nSPS) is 17.6. The van der Waals surface area contributed by atoms with E-state index in [0.29, 0.717) is 12.5 Å². The van der Waals surface area contributed by atoms with Crippen molar-refractivity contribution in [1.29, 1.82) is 0 Å². The second-order valence-corrected chi connectivity index (χ2v) is 3.65. The summed E-state index contributed by atoms with van der Waals surface area (Å²) in [6, 6.07) is -0.438. The summed E-state index contributed by atoms with van der Waals surface area (Å²) in [6.45, 7) is 2.86. The fourth-order valence-corrected chi connectivity index (χ4v) is 1.24. The highest BCUT2D eigenvalue weighted by Crippen LogP contribution is 2.29. The van der Waals surface area contributed by atoms with Gasteiger partial charge >= 0.3 is 0 Å². The lowest BCUT2D eigenvalue weighted by molar-refractivity contribution is -0.131. The standard InChI is InChI=1S/C10H16N2O/c1-3-6-12(7-9-4-5-9)10(13)8(2)11/h1,8-9H,4-7,11H2,2H3/t8-/m1/s1. The Kier molecular flexibility index (Phi) is 3.32. The number of nitrogens with two attached hydrogens (primary N) is 1. The zero-order valence-corrected chi connectivity index (χ0v) is 7.99. The van der Waals surface area contributed by atoms with Gasteiger partial charge in [0.15, 0.2) is 0 Å². The van der Waals surface area contributed by atoms with Crippen molar-refractivity contribution in [3.63, 3.8) is 0 Å². The van der Waals surface area contributed by atoms with Crippen LogP contribution in [0.2, 0.25) is 0 Å². The first-order chi connectivity index (χ1) is 6.15. The molecule has 0 bridgehead atoms. The Bertz CT molecular complexity index is 226. The topological polar surface area (TPSA) is 46.3 Å². The molecule has 0 heterocycles. The van der Waals surface area contributed by atoms with Gasteiger partial charge in [0.05, 0.1) is 12.6 Å². The molecule has 0 saturated heterocycles. The average Bonchev–Trinajstić information content (AvgIpc) is 2.86. The molecule has 1 aliphatic rings. The van der Waals surface area contributed by atoms with Crippen molar-refractivity contribution in [2.45, 2.75) is 25.8 Å². The molecule has 1 amide bonds. The molecule has 2 N–H and O–H groups in total. The highest BCUT2D eigenvalue weighted by Gasteiger charge is 2.27. The Hall–Kier alpha value is -1.01. The zero-order valence-electron chi connectivity index (χ0n) is 7.99. The summed E-state index contributed by atoms with van der Waals surface area (Å²) in [5, 5.41) is 0. The third-order valence-corrected chi connectivity index (χ3v) is 2.16. The van der Waals surface area contributed by atoms with Crippen LogP contribution in [0.3, 0.4) is 0 Å². The summed E-state index contributed by atoms with van der Waals surface area (Å²) >= 11 is 0. The van der Waals surface area contributed by atoms with Gasteiger partial charge in [-0.1, -0.05) is 5.92 Å². The third-order valence-electron chi connectivity index (χ3n) is 2.16. The Morgan fingerprint density at radius 1 is 1.77 bits per heavy atom. The van der Waals surface area contributed by atoms with E-state index in [-0.39, 0.29) is 5.91 Å². The molecule has 0 aromatic heterocycles. The maximum Gasteiger partial charge on any atom is 0.239 e. The number of hydrogen-bond donors (Lipinski definition) is 1. The monoisotopic (exact) mass is 180 g/mol. The summed E-state index contributed by atoms with van der Waals surface area (Å²) in [5.41, 5.74) is 5.50. The maximum absolute atomic E-state index is 11.5. The van der Waals surface area contributed by atoms with Crippen molar-refractivity contribution in [2.24, 2.45) is 11.7 Å². The number of amides is 1. The van der Waals surface area contributed by atoms with Crippen molar-refractivity contribution in [3.05, 3.63) is 0 Å². The van der Waals surface area contributed by atoms with E-state index in [1.165, 1.54) is 12.8 Å². The molecule has 0 radical (unpaired) electrons. The molecule has 0 unspecified atom stereocenters. The van der Waals surface area contributed by atoms with Gasteiger partial charge in [-0.2, -0.15) is 0 Å². The second kappa shape index (κ2) is 4.29. The van der Waals surface area contributed by atoms with Crippen molar-refractivity contribution in [3.8, 4) is 12.3 Å². The lowest BCUT2D eigenvalue weighted by Gasteiger charge is -2.21. The Balaban J connectivity index is 2.45. The zero-order chi connectivity index (χ0) is 9.84. The van der Waals surface area contributed by atoms with E-state index in [9.17, 15) is 4.79 Å². The smallest absolute Gasteiger partial charge is 0.239 e.